The molecule has 0 radical (unpaired) electrons. The minimum atomic E-state index is -0.168. The number of rotatable bonds is 1. The Morgan fingerprint density at radius 3 is 2.50 bits per heavy atom. The van der Waals surface area contributed by atoms with Gasteiger partial charge in [-0.2, -0.15) is 12.1 Å². The van der Waals surface area contributed by atoms with Gasteiger partial charge in [-0.25, -0.2) is 0 Å². The Labute approximate surface area is 138 Å². The zero-order valence-corrected chi connectivity index (χ0v) is 12.0. The molecule has 1 N–H and O–H groups in total. The van der Waals surface area contributed by atoms with Gasteiger partial charge in [-0.3, -0.25) is 14.8 Å². The van der Waals surface area contributed by atoms with Crippen molar-refractivity contribution in [2.75, 3.05) is 0 Å². The van der Waals surface area contributed by atoms with Crippen LogP contribution in [0.4, 0.5) is 0 Å². The number of pyridine rings is 1. The van der Waals surface area contributed by atoms with E-state index in [2.05, 4.69) is 21.0 Å². The molecular formula is C17H10LiN3O. The maximum Gasteiger partial charge on any atom is 1.00 e. The number of nitrogens with zero attached hydrogens (tertiary/aromatic N) is 2. The molecule has 100 valence electrons. The number of H-pyrrole nitrogens is 1. The molecule has 0 bridgehead atoms. The van der Waals surface area contributed by atoms with Gasteiger partial charge < -0.3 is 4.98 Å². The summed E-state index contributed by atoms with van der Waals surface area (Å²) in [5, 5.41) is 1.58. The van der Waals surface area contributed by atoms with Gasteiger partial charge in [0.25, 0.3) is 0 Å². The predicted octanol–water partition coefficient (Wildman–Crippen LogP) is -0.0575. The van der Waals surface area contributed by atoms with E-state index in [0.717, 1.165) is 10.9 Å². The SMILES string of the molecule is O=c1[nH]c(-c2[c-]cc3ccccc3n2)nc2ccccc12.[Li+]. The molecule has 4 aromatic rings. The maximum atomic E-state index is 12.1. The third-order valence-corrected chi connectivity index (χ3v) is 3.37. The number of aromatic nitrogens is 3. The Balaban J connectivity index is 0.00000144. The van der Waals surface area contributed by atoms with Crippen LogP contribution in [0.25, 0.3) is 33.3 Å². The largest absolute Gasteiger partial charge is 1.00 e. The van der Waals surface area contributed by atoms with Crippen LogP contribution < -0.4 is 24.4 Å². The van der Waals surface area contributed by atoms with Crippen LogP contribution in [0.5, 0.6) is 0 Å². The summed E-state index contributed by atoms with van der Waals surface area (Å²) in [7, 11) is 0. The first-order chi connectivity index (χ1) is 10.3. The summed E-state index contributed by atoms with van der Waals surface area (Å²) < 4.78 is 0. The summed E-state index contributed by atoms with van der Waals surface area (Å²) >= 11 is 0. The summed E-state index contributed by atoms with van der Waals surface area (Å²) in [6.07, 6.45) is 0. The fourth-order valence-electron chi connectivity index (χ4n) is 2.33. The molecule has 0 atom stereocenters. The van der Waals surface area contributed by atoms with Crippen molar-refractivity contribution in [3.8, 4) is 11.5 Å². The summed E-state index contributed by atoms with van der Waals surface area (Å²) in [5.41, 5.74) is 1.87. The van der Waals surface area contributed by atoms with Crippen LogP contribution in [0.3, 0.4) is 0 Å². The molecule has 0 aliphatic heterocycles. The zero-order chi connectivity index (χ0) is 14.2. The molecule has 0 aliphatic carbocycles. The van der Waals surface area contributed by atoms with Crippen molar-refractivity contribution >= 4 is 21.8 Å². The fourth-order valence-corrected chi connectivity index (χ4v) is 2.33. The third-order valence-electron chi connectivity index (χ3n) is 3.37. The number of benzene rings is 2. The number of fused-ring (bicyclic) bond motifs is 2. The number of para-hydroxylation sites is 2. The van der Waals surface area contributed by atoms with Gasteiger partial charge in [0, 0.05) is 5.52 Å². The molecular weight excluding hydrogens is 269 g/mol. The quantitative estimate of drug-likeness (QED) is 0.392. The van der Waals surface area contributed by atoms with Gasteiger partial charge in [0.2, 0.25) is 5.56 Å². The van der Waals surface area contributed by atoms with Crippen LogP contribution in [0.1, 0.15) is 0 Å². The first-order valence-corrected chi connectivity index (χ1v) is 6.58. The van der Waals surface area contributed by atoms with E-state index in [0.29, 0.717) is 22.4 Å². The predicted molar refractivity (Wildman–Crippen MR) is 81.9 cm³/mol. The van der Waals surface area contributed by atoms with E-state index in [9.17, 15) is 4.79 Å². The number of hydrogen-bond donors (Lipinski definition) is 1. The smallest absolute Gasteiger partial charge is 0.357 e. The van der Waals surface area contributed by atoms with Gasteiger partial charge in [-0.1, -0.05) is 29.7 Å². The van der Waals surface area contributed by atoms with Crippen LogP contribution in [0.15, 0.2) is 59.4 Å². The van der Waals surface area contributed by atoms with Crippen molar-refractivity contribution in [1.82, 2.24) is 15.0 Å². The van der Waals surface area contributed by atoms with Gasteiger partial charge >= 0.3 is 18.9 Å². The Morgan fingerprint density at radius 1 is 0.909 bits per heavy atom. The van der Waals surface area contributed by atoms with E-state index >= 15 is 0 Å². The first-order valence-electron chi connectivity index (χ1n) is 6.58. The Hall–Kier alpha value is -2.41. The van der Waals surface area contributed by atoms with Gasteiger partial charge in [-0.05, 0) is 23.9 Å². The summed E-state index contributed by atoms with van der Waals surface area (Å²) in [6.45, 7) is 0. The molecule has 0 saturated carbocycles. The van der Waals surface area contributed by atoms with E-state index < -0.39 is 0 Å². The summed E-state index contributed by atoms with van der Waals surface area (Å²) in [4.78, 5) is 23.8. The fraction of sp³-hybridized carbons (Fsp3) is 0. The topological polar surface area (TPSA) is 58.6 Å². The minimum absolute atomic E-state index is 0. The number of nitrogens with one attached hydrogen (secondary N) is 1. The van der Waals surface area contributed by atoms with Crippen LogP contribution in [-0.2, 0) is 0 Å². The molecule has 0 amide bonds. The van der Waals surface area contributed by atoms with Gasteiger partial charge in [-0.15, -0.1) is 6.07 Å². The van der Waals surface area contributed by atoms with Crippen molar-refractivity contribution in [2.45, 2.75) is 0 Å². The Morgan fingerprint density at radius 2 is 1.64 bits per heavy atom. The van der Waals surface area contributed by atoms with E-state index in [1.165, 1.54) is 0 Å². The van der Waals surface area contributed by atoms with Gasteiger partial charge in [0.1, 0.15) is 0 Å². The molecule has 0 unspecified atom stereocenters. The molecule has 0 aliphatic rings. The summed E-state index contributed by atoms with van der Waals surface area (Å²) in [5.74, 6) is 0.435. The molecule has 2 heterocycles. The van der Waals surface area contributed by atoms with E-state index in [1.54, 1.807) is 6.07 Å². The van der Waals surface area contributed by atoms with Crippen LogP contribution >= 0.6 is 0 Å². The van der Waals surface area contributed by atoms with Crippen LogP contribution in [0, 0.1) is 6.07 Å². The molecule has 0 saturated heterocycles. The molecule has 2 aromatic carbocycles. The molecule has 5 heteroatoms. The average Bonchev–Trinajstić information content (AvgIpc) is 2.54. The van der Waals surface area contributed by atoms with Gasteiger partial charge in [0.05, 0.1) is 16.7 Å². The molecule has 22 heavy (non-hydrogen) atoms. The Kier molecular flexibility index (Phi) is 3.80. The maximum absolute atomic E-state index is 12.1. The van der Waals surface area contributed by atoms with Crippen molar-refractivity contribution in [1.29, 1.82) is 0 Å². The average molecular weight is 279 g/mol. The monoisotopic (exact) mass is 279 g/mol. The third kappa shape index (κ3) is 2.43. The second kappa shape index (κ2) is 5.76. The number of hydrogen-bond acceptors (Lipinski definition) is 3. The van der Waals surface area contributed by atoms with Crippen molar-refractivity contribution in [3.63, 3.8) is 0 Å². The number of aromatic amines is 1. The normalized spacial score (nSPS) is 10.5. The molecule has 4 nitrogen and oxygen atoms in total. The minimum Gasteiger partial charge on any atom is -0.357 e. The summed E-state index contributed by atoms with van der Waals surface area (Å²) in [6, 6.07) is 19.9. The van der Waals surface area contributed by atoms with E-state index in [1.807, 2.05) is 48.5 Å². The molecule has 2 aromatic heterocycles. The van der Waals surface area contributed by atoms with Crippen molar-refractivity contribution in [3.05, 3.63) is 71.0 Å². The second-order valence-electron chi connectivity index (χ2n) is 4.74. The van der Waals surface area contributed by atoms with Crippen LogP contribution in [0.2, 0.25) is 0 Å². The van der Waals surface area contributed by atoms with Gasteiger partial charge in [0.15, 0.2) is 0 Å². The van der Waals surface area contributed by atoms with Crippen molar-refractivity contribution in [2.24, 2.45) is 0 Å². The second-order valence-corrected chi connectivity index (χ2v) is 4.74. The first kappa shape index (κ1) is 14.5. The van der Waals surface area contributed by atoms with Crippen molar-refractivity contribution < 1.29 is 18.9 Å². The van der Waals surface area contributed by atoms with E-state index in [4.69, 9.17) is 0 Å². The van der Waals surface area contributed by atoms with Crippen LogP contribution in [-0.4, -0.2) is 15.0 Å². The Bertz CT molecular complexity index is 1030. The molecule has 0 spiro atoms. The van der Waals surface area contributed by atoms with E-state index in [-0.39, 0.29) is 24.4 Å². The standard InChI is InChI=1S/C17H10N3O.Li/c21-17-12-6-2-4-8-14(12)19-16(20-17)15-10-9-11-5-1-3-7-13(11)18-15;/h1-9H,(H,19,20,21);/q-1;+1. The zero-order valence-electron chi connectivity index (χ0n) is 12.0. The molecule has 0 fully saturated rings. The molecule has 4 rings (SSSR count).